The summed E-state index contributed by atoms with van der Waals surface area (Å²) in [5.74, 6) is 0.586. The number of hydrogen-bond acceptors (Lipinski definition) is 2. The zero-order chi connectivity index (χ0) is 13.8. The van der Waals surface area contributed by atoms with Crippen LogP contribution in [0.4, 0.5) is 5.69 Å². The van der Waals surface area contributed by atoms with E-state index in [1.165, 1.54) is 19.3 Å². The van der Waals surface area contributed by atoms with Crippen LogP contribution in [0.15, 0.2) is 18.2 Å². The van der Waals surface area contributed by atoms with Crippen molar-refractivity contribution in [1.82, 2.24) is 0 Å². The van der Waals surface area contributed by atoms with E-state index in [0.717, 1.165) is 25.2 Å². The van der Waals surface area contributed by atoms with Gasteiger partial charge in [0, 0.05) is 24.8 Å². The molecule has 1 aliphatic heterocycles. The number of hydrogen-bond donors (Lipinski definition) is 1. The molecule has 114 valence electrons. The van der Waals surface area contributed by atoms with E-state index >= 15 is 0 Å². The van der Waals surface area contributed by atoms with Crippen LogP contribution in [0.25, 0.3) is 0 Å². The first-order valence-corrected chi connectivity index (χ1v) is 7.83. The second kappa shape index (κ2) is 8.33. The summed E-state index contributed by atoms with van der Waals surface area (Å²) < 4.78 is 0. The molecule has 2 atom stereocenters. The smallest absolute Gasteiger partial charge is 0.0612 e. The summed E-state index contributed by atoms with van der Waals surface area (Å²) in [5, 5.41) is 1.24. The number of nitrogens with zero attached hydrogens (tertiary/aromatic N) is 1. The highest BCUT2D eigenvalue weighted by atomic mass is 35.5. The molecule has 2 rings (SSSR count). The summed E-state index contributed by atoms with van der Waals surface area (Å²) >= 11 is 12.1. The minimum Gasteiger partial charge on any atom is -0.371 e. The van der Waals surface area contributed by atoms with Crippen molar-refractivity contribution in [2.45, 2.75) is 38.6 Å². The van der Waals surface area contributed by atoms with E-state index in [9.17, 15) is 0 Å². The third-order valence-electron chi connectivity index (χ3n) is 3.99. The standard InChI is InChI=1S/C15H22Cl2N2.ClH/c1-2-3-4-11-10-19(8-7-15(11)18)12-5-6-13(16)14(17)9-12;/h5-6,9,11,15H,2-4,7-8,10,18H2,1H3;1H/t11-,15+;/m1./s1. The third-order valence-corrected chi connectivity index (χ3v) is 4.73. The normalized spacial score (nSPS) is 22.5. The van der Waals surface area contributed by atoms with Crippen LogP contribution in [0.1, 0.15) is 32.6 Å². The number of unbranched alkanes of at least 4 members (excludes halogenated alkanes) is 1. The Morgan fingerprint density at radius 3 is 2.70 bits per heavy atom. The number of anilines is 1. The van der Waals surface area contributed by atoms with Crippen LogP contribution >= 0.6 is 35.6 Å². The van der Waals surface area contributed by atoms with Gasteiger partial charge in [-0.05, 0) is 37.0 Å². The fourth-order valence-corrected chi connectivity index (χ4v) is 3.03. The molecule has 0 amide bonds. The van der Waals surface area contributed by atoms with Gasteiger partial charge in [-0.3, -0.25) is 0 Å². The summed E-state index contributed by atoms with van der Waals surface area (Å²) in [5.41, 5.74) is 7.40. The van der Waals surface area contributed by atoms with Gasteiger partial charge in [0.2, 0.25) is 0 Å². The molecular formula is C15H23Cl3N2. The van der Waals surface area contributed by atoms with Crippen LogP contribution in [-0.2, 0) is 0 Å². The fourth-order valence-electron chi connectivity index (χ4n) is 2.74. The van der Waals surface area contributed by atoms with E-state index in [1.54, 1.807) is 0 Å². The van der Waals surface area contributed by atoms with Gasteiger partial charge >= 0.3 is 0 Å². The molecule has 2 N–H and O–H groups in total. The minimum atomic E-state index is 0. The van der Waals surface area contributed by atoms with Crippen molar-refractivity contribution < 1.29 is 0 Å². The highest BCUT2D eigenvalue weighted by Gasteiger charge is 2.26. The summed E-state index contributed by atoms with van der Waals surface area (Å²) in [6.45, 7) is 4.26. The van der Waals surface area contributed by atoms with Crippen LogP contribution < -0.4 is 10.6 Å². The topological polar surface area (TPSA) is 29.3 Å². The molecule has 0 saturated carbocycles. The highest BCUT2D eigenvalue weighted by molar-refractivity contribution is 6.42. The largest absolute Gasteiger partial charge is 0.371 e. The quantitative estimate of drug-likeness (QED) is 0.858. The van der Waals surface area contributed by atoms with Gasteiger partial charge in [-0.1, -0.05) is 43.0 Å². The van der Waals surface area contributed by atoms with Gasteiger partial charge in [0.15, 0.2) is 0 Å². The van der Waals surface area contributed by atoms with Crippen molar-refractivity contribution in [3.8, 4) is 0 Å². The maximum absolute atomic E-state index is 6.24. The third kappa shape index (κ3) is 4.42. The van der Waals surface area contributed by atoms with Crippen molar-refractivity contribution in [3.05, 3.63) is 28.2 Å². The lowest BCUT2D eigenvalue weighted by molar-refractivity contribution is 0.330. The van der Waals surface area contributed by atoms with Crippen molar-refractivity contribution >= 4 is 41.3 Å². The maximum atomic E-state index is 6.24. The number of piperidine rings is 1. The zero-order valence-corrected chi connectivity index (χ0v) is 14.1. The number of halogens is 3. The molecule has 0 unspecified atom stereocenters. The molecule has 0 bridgehead atoms. The second-order valence-corrected chi connectivity index (χ2v) is 6.21. The average Bonchev–Trinajstić information content (AvgIpc) is 2.41. The Bertz CT molecular complexity index is 426. The van der Waals surface area contributed by atoms with Crippen molar-refractivity contribution in [3.63, 3.8) is 0 Å². The Morgan fingerprint density at radius 1 is 1.30 bits per heavy atom. The van der Waals surface area contributed by atoms with E-state index < -0.39 is 0 Å². The van der Waals surface area contributed by atoms with Gasteiger partial charge in [0.05, 0.1) is 10.0 Å². The Hall–Kier alpha value is -0.150. The summed E-state index contributed by atoms with van der Waals surface area (Å²) in [6.07, 6.45) is 4.76. The van der Waals surface area contributed by atoms with Gasteiger partial charge in [-0.2, -0.15) is 0 Å². The van der Waals surface area contributed by atoms with Gasteiger partial charge in [-0.25, -0.2) is 0 Å². The maximum Gasteiger partial charge on any atom is 0.0612 e. The van der Waals surface area contributed by atoms with E-state index in [1.807, 2.05) is 18.2 Å². The minimum absolute atomic E-state index is 0. The van der Waals surface area contributed by atoms with E-state index in [-0.39, 0.29) is 12.4 Å². The molecular weight excluding hydrogens is 315 g/mol. The molecule has 5 heteroatoms. The number of nitrogens with two attached hydrogens (primary N) is 1. The molecule has 1 saturated heterocycles. The summed E-state index contributed by atoms with van der Waals surface area (Å²) in [6, 6.07) is 6.21. The Kier molecular flexibility index (Phi) is 7.46. The van der Waals surface area contributed by atoms with Crippen molar-refractivity contribution in [2.24, 2.45) is 11.7 Å². The van der Waals surface area contributed by atoms with E-state index in [4.69, 9.17) is 28.9 Å². The zero-order valence-electron chi connectivity index (χ0n) is 11.8. The Morgan fingerprint density at radius 2 is 2.05 bits per heavy atom. The lowest BCUT2D eigenvalue weighted by Gasteiger charge is -2.38. The molecule has 1 heterocycles. The molecule has 20 heavy (non-hydrogen) atoms. The van der Waals surface area contributed by atoms with Gasteiger partial charge in [-0.15, -0.1) is 12.4 Å². The SMILES string of the molecule is CCCC[C@@H]1CN(c2ccc(Cl)c(Cl)c2)CC[C@@H]1N.Cl. The fraction of sp³-hybridized carbons (Fsp3) is 0.600. The molecule has 0 aromatic heterocycles. The molecule has 0 aliphatic carbocycles. The van der Waals surface area contributed by atoms with Crippen molar-refractivity contribution in [1.29, 1.82) is 0 Å². The van der Waals surface area contributed by atoms with E-state index in [2.05, 4.69) is 11.8 Å². The van der Waals surface area contributed by atoms with Crippen LogP contribution in [0.2, 0.25) is 10.0 Å². The molecule has 0 spiro atoms. The first kappa shape index (κ1) is 17.9. The molecule has 1 aromatic rings. The molecule has 1 fully saturated rings. The monoisotopic (exact) mass is 336 g/mol. The molecule has 1 aromatic carbocycles. The summed E-state index contributed by atoms with van der Waals surface area (Å²) in [4.78, 5) is 2.38. The van der Waals surface area contributed by atoms with Crippen LogP contribution in [0, 0.1) is 5.92 Å². The van der Waals surface area contributed by atoms with Crippen LogP contribution in [0.5, 0.6) is 0 Å². The first-order valence-electron chi connectivity index (χ1n) is 7.07. The number of rotatable bonds is 4. The van der Waals surface area contributed by atoms with Gasteiger partial charge in [0.25, 0.3) is 0 Å². The average molecular weight is 338 g/mol. The van der Waals surface area contributed by atoms with Crippen LogP contribution in [-0.4, -0.2) is 19.1 Å². The lowest BCUT2D eigenvalue weighted by atomic mass is 9.88. The molecule has 0 radical (unpaired) electrons. The van der Waals surface area contributed by atoms with Gasteiger partial charge < -0.3 is 10.6 Å². The van der Waals surface area contributed by atoms with Crippen molar-refractivity contribution in [2.75, 3.05) is 18.0 Å². The Balaban J connectivity index is 0.00000200. The molecule has 2 nitrogen and oxygen atoms in total. The van der Waals surface area contributed by atoms with E-state index in [0.29, 0.717) is 22.0 Å². The van der Waals surface area contributed by atoms with Crippen LogP contribution in [0.3, 0.4) is 0 Å². The lowest BCUT2D eigenvalue weighted by Crippen LogP contribution is -2.47. The Labute approximate surface area is 138 Å². The molecule has 1 aliphatic rings. The predicted octanol–water partition coefficient (Wildman–Crippen LogP) is 4.76. The second-order valence-electron chi connectivity index (χ2n) is 5.40. The predicted molar refractivity (Wildman–Crippen MR) is 91.5 cm³/mol. The van der Waals surface area contributed by atoms with Gasteiger partial charge in [0.1, 0.15) is 0 Å². The highest BCUT2D eigenvalue weighted by Crippen LogP contribution is 2.30. The first-order chi connectivity index (χ1) is 9.11. The summed E-state index contributed by atoms with van der Waals surface area (Å²) in [7, 11) is 0. The number of benzene rings is 1.